The largest absolute Gasteiger partial charge is 1.00 e. The predicted octanol–water partition coefficient (Wildman–Crippen LogP) is -7.33. The van der Waals surface area contributed by atoms with Gasteiger partial charge in [-0.1, -0.05) is 0 Å². The monoisotopic (exact) mass is 206 g/mol. The van der Waals surface area contributed by atoms with Gasteiger partial charge in [0.15, 0.2) is 0 Å². The van der Waals surface area contributed by atoms with Crippen LogP contribution in [0.1, 0.15) is 0 Å². The maximum Gasteiger partial charge on any atom is 1.00 e. The van der Waals surface area contributed by atoms with Crippen LogP contribution in [0.5, 0.6) is 0 Å². The van der Waals surface area contributed by atoms with Gasteiger partial charge in [0.05, 0.1) is 0 Å². The zero-order valence-electron chi connectivity index (χ0n) is 4.45. The fourth-order valence-corrected chi connectivity index (χ4v) is 0. The minimum atomic E-state index is -2.95. The van der Waals surface area contributed by atoms with E-state index in [2.05, 4.69) is 0 Å². The van der Waals surface area contributed by atoms with Gasteiger partial charge in [-0.25, -0.2) is 0 Å². The van der Waals surface area contributed by atoms with Crippen LogP contribution in [-0.4, -0.2) is 17.5 Å². The molecule has 0 aliphatic carbocycles. The van der Waals surface area contributed by atoms with E-state index in [1.54, 1.807) is 0 Å². The molecule has 0 aromatic rings. The van der Waals surface area contributed by atoms with Crippen LogP contribution in [0.25, 0.3) is 0 Å². The van der Waals surface area contributed by atoms with E-state index in [-0.39, 0.29) is 103 Å². The van der Waals surface area contributed by atoms with Gasteiger partial charge in [0, 0.05) is 20.2 Å². The SMILES string of the molecule is O=S([O-])S(=O)[O-].[K+].[K+]. The molecule has 8 heavy (non-hydrogen) atoms. The topological polar surface area (TPSA) is 80.3 Å². The Morgan fingerprint density at radius 3 is 1.00 bits per heavy atom. The van der Waals surface area contributed by atoms with E-state index < -0.39 is 20.2 Å². The summed E-state index contributed by atoms with van der Waals surface area (Å²) in [6, 6.07) is 0. The zero-order chi connectivity index (χ0) is 5.15. The third-order valence-corrected chi connectivity index (χ3v) is 1.00. The molecule has 2 unspecified atom stereocenters. The van der Waals surface area contributed by atoms with E-state index >= 15 is 0 Å². The molecule has 0 aromatic heterocycles. The van der Waals surface area contributed by atoms with E-state index in [4.69, 9.17) is 17.5 Å². The van der Waals surface area contributed by atoms with Crippen molar-refractivity contribution in [3.63, 3.8) is 0 Å². The molecule has 0 heterocycles. The van der Waals surface area contributed by atoms with E-state index in [9.17, 15) is 0 Å². The molecular formula is K2O4S2. The average Bonchev–Trinajstić information content (AvgIpc) is 1.36. The first kappa shape index (κ1) is 17.5. The van der Waals surface area contributed by atoms with Gasteiger partial charge in [0.25, 0.3) is 0 Å². The van der Waals surface area contributed by atoms with Crippen LogP contribution in [0.4, 0.5) is 0 Å². The maximum absolute atomic E-state index is 9.09. The Bertz CT molecular complexity index is 78.0. The van der Waals surface area contributed by atoms with Gasteiger partial charge in [-0.2, -0.15) is 0 Å². The standard InChI is InChI=1S/2K.H2O4S2/c;;1-5(2)6(3)4/h;;(H,1,2)(H,3,4)/q2*+1;/p-2. The molecule has 0 aromatic carbocycles. The molecular weight excluding hydrogens is 206 g/mol. The van der Waals surface area contributed by atoms with Crippen molar-refractivity contribution in [3.8, 4) is 0 Å². The average molecular weight is 206 g/mol. The van der Waals surface area contributed by atoms with Gasteiger partial charge in [-0.15, -0.1) is 0 Å². The second kappa shape index (κ2) is 10.5. The first-order valence-corrected chi connectivity index (χ1v) is 3.50. The van der Waals surface area contributed by atoms with Crippen LogP contribution in [0.2, 0.25) is 0 Å². The summed E-state index contributed by atoms with van der Waals surface area (Å²) in [6.45, 7) is 0. The number of hydrogen-bond donors (Lipinski definition) is 0. The van der Waals surface area contributed by atoms with Gasteiger partial charge in [0.1, 0.15) is 0 Å². The molecule has 0 saturated heterocycles. The first-order chi connectivity index (χ1) is 2.64. The van der Waals surface area contributed by atoms with Gasteiger partial charge >= 0.3 is 103 Å². The normalized spacial score (nSPS) is 14.8. The first-order valence-electron chi connectivity index (χ1n) is 0.833. The Morgan fingerprint density at radius 1 is 0.875 bits per heavy atom. The predicted molar refractivity (Wildman–Crippen MR) is 17.8 cm³/mol. The fraction of sp³-hybridized carbons (Fsp3) is 0. The molecule has 38 valence electrons. The van der Waals surface area contributed by atoms with Gasteiger partial charge in [0.2, 0.25) is 0 Å². The smallest absolute Gasteiger partial charge is 0.763 e. The van der Waals surface area contributed by atoms with Crippen LogP contribution >= 0.6 is 0 Å². The van der Waals surface area contributed by atoms with Gasteiger partial charge in [-0.05, 0) is 0 Å². The third kappa shape index (κ3) is 12.2. The van der Waals surface area contributed by atoms with Gasteiger partial charge < -0.3 is 9.11 Å². The van der Waals surface area contributed by atoms with E-state index in [1.165, 1.54) is 0 Å². The molecule has 0 aliphatic heterocycles. The second-order valence-electron chi connectivity index (χ2n) is 0.408. The summed E-state index contributed by atoms with van der Waals surface area (Å²) in [7, 11) is -5.90. The summed E-state index contributed by atoms with van der Waals surface area (Å²) >= 11 is 0. The van der Waals surface area contributed by atoms with Crippen molar-refractivity contribution < 1.29 is 120 Å². The summed E-state index contributed by atoms with van der Waals surface area (Å²) in [5.41, 5.74) is 0. The van der Waals surface area contributed by atoms with Crippen LogP contribution in [0.15, 0.2) is 0 Å². The van der Waals surface area contributed by atoms with Crippen LogP contribution < -0.4 is 103 Å². The summed E-state index contributed by atoms with van der Waals surface area (Å²) in [5, 5.41) is 0. The van der Waals surface area contributed by atoms with Crippen molar-refractivity contribution in [1.82, 2.24) is 0 Å². The van der Waals surface area contributed by atoms with E-state index in [0.29, 0.717) is 0 Å². The molecule has 0 spiro atoms. The van der Waals surface area contributed by atoms with E-state index in [1.807, 2.05) is 0 Å². The van der Waals surface area contributed by atoms with Crippen molar-refractivity contribution in [3.05, 3.63) is 0 Å². The molecule has 0 radical (unpaired) electrons. The molecule has 8 heteroatoms. The second-order valence-corrected chi connectivity index (χ2v) is 2.86. The van der Waals surface area contributed by atoms with E-state index in [0.717, 1.165) is 0 Å². The van der Waals surface area contributed by atoms with Gasteiger partial charge in [-0.3, -0.25) is 8.42 Å². The molecule has 2 atom stereocenters. The minimum Gasteiger partial charge on any atom is -0.763 e. The Kier molecular flexibility index (Phi) is 23.0. The Balaban J connectivity index is -0.000000125. The molecule has 4 nitrogen and oxygen atoms in total. The molecule has 0 rings (SSSR count). The molecule has 0 amide bonds. The summed E-state index contributed by atoms with van der Waals surface area (Å²) < 4.78 is 36.3. The molecule has 0 N–H and O–H groups in total. The number of rotatable bonds is 1. The minimum absolute atomic E-state index is 0. The van der Waals surface area contributed by atoms with Crippen molar-refractivity contribution in [1.29, 1.82) is 0 Å². The van der Waals surface area contributed by atoms with Crippen LogP contribution in [0.3, 0.4) is 0 Å². The summed E-state index contributed by atoms with van der Waals surface area (Å²) in [6.07, 6.45) is 0. The Labute approximate surface area is 136 Å². The Hall–Kier alpha value is 3.49. The number of hydrogen-bond acceptors (Lipinski definition) is 4. The quantitative estimate of drug-likeness (QED) is 0.242. The van der Waals surface area contributed by atoms with Crippen molar-refractivity contribution in [2.45, 2.75) is 0 Å². The molecule has 0 saturated carbocycles. The van der Waals surface area contributed by atoms with Crippen molar-refractivity contribution >= 4 is 20.2 Å². The van der Waals surface area contributed by atoms with Crippen LogP contribution in [-0.2, 0) is 20.2 Å². The summed E-state index contributed by atoms with van der Waals surface area (Å²) in [4.78, 5) is 0. The van der Waals surface area contributed by atoms with Crippen molar-refractivity contribution in [2.24, 2.45) is 0 Å². The molecule has 0 fully saturated rings. The Morgan fingerprint density at radius 2 is 1.00 bits per heavy atom. The summed E-state index contributed by atoms with van der Waals surface area (Å²) in [5.74, 6) is 0. The zero-order valence-corrected chi connectivity index (χ0v) is 12.3. The fourth-order valence-electron chi connectivity index (χ4n) is 0. The third-order valence-electron chi connectivity index (χ3n) is 0.111. The molecule has 0 aliphatic rings. The van der Waals surface area contributed by atoms with Crippen molar-refractivity contribution in [2.75, 3.05) is 0 Å². The van der Waals surface area contributed by atoms with Crippen LogP contribution in [0, 0.1) is 0 Å². The maximum atomic E-state index is 9.09. The molecule has 0 bridgehead atoms.